The lowest BCUT2D eigenvalue weighted by Gasteiger charge is -2.09. The number of nitrogen functional groups attached to an aromatic ring is 1. The molecule has 0 saturated carbocycles. The van der Waals surface area contributed by atoms with Crippen LogP contribution in [0.2, 0.25) is 0 Å². The Morgan fingerprint density at radius 3 is 2.28 bits per heavy atom. The van der Waals surface area contributed by atoms with Crippen LogP contribution in [-0.2, 0) is 11.3 Å². The van der Waals surface area contributed by atoms with Crippen LogP contribution in [-0.4, -0.2) is 83.7 Å². The van der Waals surface area contributed by atoms with Crippen molar-refractivity contribution in [2.45, 2.75) is 52.0 Å². The fraction of sp³-hybridized carbons (Fsp3) is 0.552. The van der Waals surface area contributed by atoms with Gasteiger partial charge in [-0.3, -0.25) is 14.2 Å². The summed E-state index contributed by atoms with van der Waals surface area (Å²) in [7, 11) is 0. The highest BCUT2D eigenvalue weighted by Crippen LogP contribution is 2.17. The van der Waals surface area contributed by atoms with Crippen LogP contribution in [0.3, 0.4) is 0 Å². The summed E-state index contributed by atoms with van der Waals surface area (Å²) in [6.45, 7) is 7.91. The van der Waals surface area contributed by atoms with Crippen molar-refractivity contribution in [1.82, 2.24) is 40.8 Å². The average Bonchev–Trinajstić information content (AvgIpc) is 3.32. The Morgan fingerprint density at radius 2 is 1.58 bits per heavy atom. The molecule has 0 fully saturated rings. The predicted molar refractivity (Wildman–Crippen MR) is 170 cm³/mol. The minimum atomic E-state index is -0.354. The minimum absolute atomic E-state index is 0.106. The van der Waals surface area contributed by atoms with Gasteiger partial charge < -0.3 is 43.0 Å². The summed E-state index contributed by atoms with van der Waals surface area (Å²) in [5.74, 6) is -0.0282. The SMILES string of the molecule is CCCCNc1nc(N)c2[nH]c(=O)n(Cc3ccc(C(=O)NCC(=O)NCCCNCCCCNCCCN)cc3)c2n1. The number of nitrogens with zero attached hydrogens (tertiary/aromatic N) is 3. The first-order chi connectivity index (χ1) is 20.9. The van der Waals surface area contributed by atoms with Gasteiger partial charge in [-0.05, 0) is 82.5 Å². The maximum absolute atomic E-state index is 12.6. The molecule has 3 aromatic rings. The fourth-order valence-corrected chi connectivity index (χ4v) is 4.34. The van der Waals surface area contributed by atoms with Crippen LogP contribution in [0, 0.1) is 0 Å². The highest BCUT2D eigenvalue weighted by Gasteiger charge is 2.15. The molecular formula is C29H47N11O3. The summed E-state index contributed by atoms with van der Waals surface area (Å²) in [4.78, 5) is 48.8. The number of imidazole rings is 1. The number of aromatic nitrogens is 4. The number of aromatic amines is 1. The van der Waals surface area contributed by atoms with E-state index in [0.29, 0.717) is 35.8 Å². The lowest BCUT2D eigenvalue weighted by molar-refractivity contribution is -0.120. The molecule has 14 heteroatoms. The molecule has 236 valence electrons. The Hall–Kier alpha value is -4.01. The van der Waals surface area contributed by atoms with E-state index in [1.54, 1.807) is 24.3 Å². The van der Waals surface area contributed by atoms with E-state index in [-0.39, 0.29) is 36.4 Å². The zero-order valence-corrected chi connectivity index (χ0v) is 25.1. The number of rotatable bonds is 21. The highest BCUT2D eigenvalue weighted by atomic mass is 16.2. The lowest BCUT2D eigenvalue weighted by Crippen LogP contribution is -2.37. The number of unbranched alkanes of at least 4 members (excludes halogenated alkanes) is 2. The van der Waals surface area contributed by atoms with Crippen molar-refractivity contribution in [2.75, 3.05) is 63.4 Å². The third-order valence-electron chi connectivity index (χ3n) is 6.80. The predicted octanol–water partition coefficient (Wildman–Crippen LogP) is 0.506. The van der Waals surface area contributed by atoms with Gasteiger partial charge in [-0.15, -0.1) is 0 Å². The molecule has 0 aliphatic heterocycles. The van der Waals surface area contributed by atoms with Gasteiger partial charge >= 0.3 is 5.69 Å². The van der Waals surface area contributed by atoms with Crippen molar-refractivity contribution in [3.8, 4) is 0 Å². The first-order valence-electron chi connectivity index (χ1n) is 15.2. The van der Waals surface area contributed by atoms with Crippen LogP contribution in [0.4, 0.5) is 11.8 Å². The molecule has 43 heavy (non-hydrogen) atoms. The summed E-state index contributed by atoms with van der Waals surface area (Å²) in [6.07, 6.45) is 6.00. The molecule has 14 nitrogen and oxygen atoms in total. The third kappa shape index (κ3) is 11.3. The zero-order chi connectivity index (χ0) is 30.9. The van der Waals surface area contributed by atoms with Gasteiger partial charge in [0.1, 0.15) is 5.52 Å². The molecule has 0 bridgehead atoms. The maximum Gasteiger partial charge on any atom is 0.328 e. The molecule has 0 atom stereocenters. The van der Waals surface area contributed by atoms with Crippen molar-refractivity contribution in [3.63, 3.8) is 0 Å². The number of hydrogen-bond donors (Lipinski definition) is 8. The minimum Gasteiger partial charge on any atom is -0.382 e. The second kappa shape index (κ2) is 18.5. The monoisotopic (exact) mass is 597 g/mol. The fourth-order valence-electron chi connectivity index (χ4n) is 4.34. The number of fused-ring (bicyclic) bond motifs is 1. The quantitative estimate of drug-likeness (QED) is 0.0797. The van der Waals surface area contributed by atoms with Gasteiger partial charge in [0, 0.05) is 18.7 Å². The molecular weight excluding hydrogens is 550 g/mol. The van der Waals surface area contributed by atoms with Gasteiger partial charge in [0.15, 0.2) is 11.5 Å². The third-order valence-corrected chi connectivity index (χ3v) is 6.80. The van der Waals surface area contributed by atoms with Crippen LogP contribution < -0.4 is 43.7 Å². The maximum atomic E-state index is 12.6. The molecule has 0 unspecified atom stereocenters. The van der Waals surface area contributed by atoms with Crippen molar-refractivity contribution >= 4 is 34.7 Å². The molecule has 3 rings (SSSR count). The highest BCUT2D eigenvalue weighted by molar-refractivity contribution is 5.96. The van der Waals surface area contributed by atoms with E-state index in [2.05, 4.69) is 48.5 Å². The zero-order valence-electron chi connectivity index (χ0n) is 25.1. The average molecular weight is 598 g/mol. The number of amides is 2. The first-order valence-corrected chi connectivity index (χ1v) is 15.2. The number of benzene rings is 1. The summed E-state index contributed by atoms with van der Waals surface area (Å²) >= 11 is 0. The number of carbonyl (C=O) groups is 2. The number of nitrogens with two attached hydrogens (primary N) is 2. The summed E-state index contributed by atoms with van der Waals surface area (Å²) in [6, 6.07) is 6.84. The van der Waals surface area contributed by atoms with Gasteiger partial charge in [0.25, 0.3) is 5.91 Å². The van der Waals surface area contributed by atoms with E-state index >= 15 is 0 Å². The van der Waals surface area contributed by atoms with E-state index in [9.17, 15) is 14.4 Å². The normalized spacial score (nSPS) is 11.1. The largest absolute Gasteiger partial charge is 0.382 e. The van der Waals surface area contributed by atoms with E-state index in [0.717, 1.165) is 76.8 Å². The molecule has 0 saturated heterocycles. The van der Waals surface area contributed by atoms with Gasteiger partial charge in [-0.2, -0.15) is 9.97 Å². The Kier molecular flexibility index (Phi) is 14.4. The molecule has 1 aromatic carbocycles. The van der Waals surface area contributed by atoms with Gasteiger partial charge in [-0.1, -0.05) is 25.5 Å². The number of H-pyrrole nitrogens is 1. The van der Waals surface area contributed by atoms with Crippen LogP contribution in [0.1, 0.15) is 61.4 Å². The summed E-state index contributed by atoms with van der Waals surface area (Å²) < 4.78 is 1.48. The Bertz CT molecular complexity index is 1340. The molecule has 0 aliphatic rings. The van der Waals surface area contributed by atoms with E-state index < -0.39 is 0 Å². The van der Waals surface area contributed by atoms with Crippen LogP contribution in [0.5, 0.6) is 0 Å². The smallest absolute Gasteiger partial charge is 0.328 e. The Morgan fingerprint density at radius 1 is 0.884 bits per heavy atom. The molecule has 2 heterocycles. The molecule has 2 amide bonds. The van der Waals surface area contributed by atoms with Crippen molar-refractivity contribution < 1.29 is 9.59 Å². The topological polar surface area (TPSA) is 210 Å². The van der Waals surface area contributed by atoms with Gasteiger partial charge in [0.05, 0.1) is 13.1 Å². The second-order valence-electron chi connectivity index (χ2n) is 10.4. The summed E-state index contributed by atoms with van der Waals surface area (Å²) in [5, 5.41) is 15.3. The van der Waals surface area contributed by atoms with Gasteiger partial charge in [-0.25, -0.2) is 4.79 Å². The molecule has 0 radical (unpaired) electrons. The Balaban J connectivity index is 1.38. The van der Waals surface area contributed by atoms with Crippen LogP contribution in [0.15, 0.2) is 29.1 Å². The number of hydrogen-bond acceptors (Lipinski definition) is 10. The van der Waals surface area contributed by atoms with Crippen molar-refractivity contribution in [3.05, 3.63) is 45.9 Å². The van der Waals surface area contributed by atoms with E-state index in [1.165, 1.54) is 4.57 Å². The molecule has 0 aliphatic carbocycles. The van der Waals surface area contributed by atoms with Crippen molar-refractivity contribution in [2.24, 2.45) is 5.73 Å². The number of carbonyl (C=O) groups excluding carboxylic acids is 2. The van der Waals surface area contributed by atoms with E-state index in [4.69, 9.17) is 11.5 Å². The molecule has 0 spiro atoms. The van der Waals surface area contributed by atoms with E-state index in [1.807, 2.05) is 0 Å². The number of anilines is 2. The Labute approximate surface area is 252 Å². The first kappa shape index (κ1) is 33.5. The molecule has 10 N–H and O–H groups in total. The van der Waals surface area contributed by atoms with Crippen LogP contribution in [0.25, 0.3) is 11.2 Å². The standard InChI is InChI=1S/C29H47N11O3/c1-2-3-17-35-28-38-25(31)24-26(39-28)40(29(43)37-24)20-21-8-10-22(11-9-21)27(42)36-19-23(41)34-18-7-16-33-14-5-4-13-32-15-6-12-30/h8-11,32-33H,2-7,12-20,30H2,1H3,(H,34,41)(H,36,42)(H,37,43)(H3,31,35,38,39). The second-order valence-corrected chi connectivity index (χ2v) is 10.4. The van der Waals surface area contributed by atoms with Crippen LogP contribution >= 0.6 is 0 Å². The molecule has 2 aromatic heterocycles. The number of nitrogens with one attached hydrogen (secondary N) is 6. The lowest BCUT2D eigenvalue weighted by atomic mass is 10.1. The van der Waals surface area contributed by atoms with Crippen molar-refractivity contribution in [1.29, 1.82) is 0 Å². The summed E-state index contributed by atoms with van der Waals surface area (Å²) in [5.41, 5.74) is 13.2. The van der Waals surface area contributed by atoms with Gasteiger partial charge in [0.2, 0.25) is 11.9 Å².